The Labute approximate surface area is 117 Å². The first kappa shape index (κ1) is 13.4. The summed E-state index contributed by atoms with van der Waals surface area (Å²) in [5.74, 6) is 0.0602. The highest BCUT2D eigenvalue weighted by Gasteiger charge is 2.25. The quantitative estimate of drug-likeness (QED) is 0.898. The molecule has 108 valence electrons. The number of benzene rings is 1. The van der Waals surface area contributed by atoms with E-state index in [0.717, 1.165) is 43.7 Å². The van der Waals surface area contributed by atoms with Crippen molar-refractivity contribution in [1.82, 2.24) is 10.3 Å². The zero-order valence-electron chi connectivity index (χ0n) is 11.6. The van der Waals surface area contributed by atoms with Gasteiger partial charge in [-0.25, -0.2) is 4.79 Å². The van der Waals surface area contributed by atoms with Crippen LogP contribution in [0.3, 0.4) is 0 Å². The first-order chi connectivity index (χ1) is 9.78. The SMILES string of the molecule is CCNC(c1ccc2[nH]c(=O)oc2c1)C1CCCOC1. The number of aromatic amines is 1. The van der Waals surface area contributed by atoms with E-state index in [0.29, 0.717) is 11.5 Å². The molecular formula is C15H20N2O3. The number of H-pyrrole nitrogens is 1. The van der Waals surface area contributed by atoms with Gasteiger partial charge >= 0.3 is 5.76 Å². The molecule has 3 rings (SSSR count). The van der Waals surface area contributed by atoms with Gasteiger partial charge < -0.3 is 14.5 Å². The number of ether oxygens (including phenoxy) is 1. The van der Waals surface area contributed by atoms with Gasteiger partial charge in [-0.3, -0.25) is 4.98 Å². The molecule has 2 N–H and O–H groups in total. The summed E-state index contributed by atoms with van der Waals surface area (Å²) in [6.07, 6.45) is 2.26. The van der Waals surface area contributed by atoms with E-state index in [1.807, 2.05) is 12.1 Å². The van der Waals surface area contributed by atoms with Crippen LogP contribution in [0.25, 0.3) is 11.1 Å². The lowest BCUT2D eigenvalue weighted by Gasteiger charge is -2.31. The topological polar surface area (TPSA) is 67.3 Å². The second-order valence-electron chi connectivity index (χ2n) is 5.28. The molecule has 0 amide bonds. The summed E-state index contributed by atoms with van der Waals surface area (Å²) < 4.78 is 10.8. The molecule has 0 bridgehead atoms. The van der Waals surface area contributed by atoms with Crippen LogP contribution in [0, 0.1) is 5.92 Å². The smallest absolute Gasteiger partial charge is 0.408 e. The molecule has 2 unspecified atom stereocenters. The average molecular weight is 276 g/mol. The van der Waals surface area contributed by atoms with Crippen molar-refractivity contribution in [2.75, 3.05) is 19.8 Å². The van der Waals surface area contributed by atoms with E-state index in [1.165, 1.54) is 0 Å². The zero-order chi connectivity index (χ0) is 13.9. The number of hydrogen-bond acceptors (Lipinski definition) is 4. The van der Waals surface area contributed by atoms with Crippen LogP contribution in [-0.2, 0) is 4.74 Å². The number of fused-ring (bicyclic) bond motifs is 1. The van der Waals surface area contributed by atoms with Gasteiger partial charge in [-0.1, -0.05) is 13.0 Å². The Bertz CT molecular complexity index is 625. The van der Waals surface area contributed by atoms with E-state index >= 15 is 0 Å². The molecule has 0 aliphatic carbocycles. The lowest BCUT2D eigenvalue weighted by molar-refractivity contribution is 0.0393. The molecule has 2 atom stereocenters. The molecular weight excluding hydrogens is 256 g/mol. The Morgan fingerprint density at radius 2 is 2.40 bits per heavy atom. The maximum Gasteiger partial charge on any atom is 0.417 e. The summed E-state index contributed by atoms with van der Waals surface area (Å²) in [6.45, 7) is 4.65. The number of aromatic nitrogens is 1. The van der Waals surface area contributed by atoms with E-state index in [2.05, 4.69) is 23.3 Å². The largest absolute Gasteiger partial charge is 0.417 e. The lowest BCUT2D eigenvalue weighted by Crippen LogP contribution is -2.33. The minimum Gasteiger partial charge on any atom is -0.408 e. The van der Waals surface area contributed by atoms with Crippen molar-refractivity contribution in [2.45, 2.75) is 25.8 Å². The minimum atomic E-state index is -0.404. The molecule has 0 radical (unpaired) electrons. The van der Waals surface area contributed by atoms with Crippen molar-refractivity contribution in [1.29, 1.82) is 0 Å². The molecule has 5 heteroatoms. The summed E-state index contributed by atoms with van der Waals surface area (Å²) in [6, 6.07) is 6.15. The second-order valence-corrected chi connectivity index (χ2v) is 5.28. The Morgan fingerprint density at radius 3 is 3.15 bits per heavy atom. The van der Waals surface area contributed by atoms with Gasteiger partial charge in [-0.15, -0.1) is 0 Å². The molecule has 1 fully saturated rings. The van der Waals surface area contributed by atoms with Gasteiger partial charge in [0.2, 0.25) is 0 Å². The van der Waals surface area contributed by atoms with Gasteiger partial charge in [0.1, 0.15) is 0 Å². The monoisotopic (exact) mass is 276 g/mol. The van der Waals surface area contributed by atoms with E-state index < -0.39 is 5.76 Å². The number of oxazole rings is 1. The summed E-state index contributed by atoms with van der Waals surface area (Å²) >= 11 is 0. The summed E-state index contributed by atoms with van der Waals surface area (Å²) in [4.78, 5) is 13.9. The maximum atomic E-state index is 11.2. The first-order valence-corrected chi connectivity index (χ1v) is 7.22. The van der Waals surface area contributed by atoms with Crippen LogP contribution in [0.15, 0.2) is 27.4 Å². The van der Waals surface area contributed by atoms with E-state index in [9.17, 15) is 4.79 Å². The molecule has 0 spiro atoms. The fourth-order valence-corrected chi connectivity index (χ4v) is 2.96. The average Bonchev–Trinajstić information content (AvgIpc) is 2.84. The Morgan fingerprint density at radius 1 is 1.50 bits per heavy atom. The molecule has 1 saturated heterocycles. The molecule has 1 aromatic carbocycles. The summed E-state index contributed by atoms with van der Waals surface area (Å²) in [5.41, 5.74) is 2.51. The highest BCUT2D eigenvalue weighted by atomic mass is 16.5. The highest BCUT2D eigenvalue weighted by Crippen LogP contribution is 2.30. The molecule has 2 aromatic rings. The van der Waals surface area contributed by atoms with Gasteiger partial charge in [-0.2, -0.15) is 0 Å². The summed E-state index contributed by atoms with van der Waals surface area (Å²) in [5, 5.41) is 3.53. The summed E-state index contributed by atoms with van der Waals surface area (Å²) in [7, 11) is 0. The molecule has 20 heavy (non-hydrogen) atoms. The maximum absolute atomic E-state index is 11.2. The van der Waals surface area contributed by atoms with Crippen LogP contribution in [-0.4, -0.2) is 24.7 Å². The number of rotatable bonds is 4. The minimum absolute atomic E-state index is 0.241. The van der Waals surface area contributed by atoms with E-state index in [4.69, 9.17) is 9.15 Å². The third-order valence-corrected chi connectivity index (χ3v) is 3.90. The van der Waals surface area contributed by atoms with E-state index in [1.54, 1.807) is 0 Å². The predicted octanol–water partition coefficient (Wildman–Crippen LogP) is 2.20. The third-order valence-electron chi connectivity index (χ3n) is 3.90. The van der Waals surface area contributed by atoms with Crippen LogP contribution in [0.4, 0.5) is 0 Å². The molecule has 1 aliphatic heterocycles. The normalized spacial score (nSPS) is 21.1. The predicted molar refractivity (Wildman–Crippen MR) is 76.8 cm³/mol. The van der Waals surface area contributed by atoms with Crippen LogP contribution < -0.4 is 11.1 Å². The van der Waals surface area contributed by atoms with Crippen molar-refractivity contribution in [3.05, 3.63) is 34.3 Å². The van der Waals surface area contributed by atoms with Crippen LogP contribution >= 0.6 is 0 Å². The second kappa shape index (κ2) is 5.81. The molecule has 2 heterocycles. The van der Waals surface area contributed by atoms with Crippen LogP contribution in [0.5, 0.6) is 0 Å². The first-order valence-electron chi connectivity index (χ1n) is 7.22. The van der Waals surface area contributed by atoms with Crippen molar-refractivity contribution in [3.8, 4) is 0 Å². The Kier molecular flexibility index (Phi) is 3.89. The Hall–Kier alpha value is -1.59. The van der Waals surface area contributed by atoms with Gasteiger partial charge in [-0.05, 0) is 37.1 Å². The molecule has 1 aliphatic rings. The van der Waals surface area contributed by atoms with Crippen LogP contribution in [0.2, 0.25) is 0 Å². The number of hydrogen-bond donors (Lipinski definition) is 2. The standard InChI is InChI=1S/C15H20N2O3/c1-2-16-14(11-4-3-7-19-9-11)10-5-6-12-13(8-10)20-15(18)17-12/h5-6,8,11,14,16H,2-4,7,9H2,1H3,(H,17,18). The van der Waals surface area contributed by atoms with Crippen molar-refractivity contribution in [2.24, 2.45) is 5.92 Å². The van der Waals surface area contributed by atoms with E-state index in [-0.39, 0.29) is 6.04 Å². The van der Waals surface area contributed by atoms with Gasteiger partial charge in [0, 0.05) is 18.6 Å². The Balaban J connectivity index is 1.92. The molecule has 5 nitrogen and oxygen atoms in total. The molecule has 0 saturated carbocycles. The van der Waals surface area contributed by atoms with Gasteiger partial charge in [0.15, 0.2) is 5.58 Å². The molecule has 1 aromatic heterocycles. The van der Waals surface area contributed by atoms with Gasteiger partial charge in [0.25, 0.3) is 0 Å². The van der Waals surface area contributed by atoms with Crippen molar-refractivity contribution in [3.63, 3.8) is 0 Å². The third kappa shape index (κ3) is 2.64. The van der Waals surface area contributed by atoms with Gasteiger partial charge in [0.05, 0.1) is 12.1 Å². The fourth-order valence-electron chi connectivity index (χ4n) is 2.96. The van der Waals surface area contributed by atoms with Crippen LogP contribution in [0.1, 0.15) is 31.4 Å². The fraction of sp³-hybridized carbons (Fsp3) is 0.533. The lowest BCUT2D eigenvalue weighted by atomic mass is 9.88. The van der Waals surface area contributed by atoms with Crippen molar-refractivity contribution >= 4 is 11.1 Å². The number of nitrogens with one attached hydrogen (secondary N) is 2. The van der Waals surface area contributed by atoms with Crippen molar-refractivity contribution < 1.29 is 9.15 Å². The zero-order valence-corrected chi connectivity index (χ0v) is 11.6. The highest BCUT2D eigenvalue weighted by molar-refractivity contribution is 5.72.